The summed E-state index contributed by atoms with van der Waals surface area (Å²) in [5.41, 5.74) is 1.62. The van der Waals surface area contributed by atoms with E-state index in [9.17, 15) is 4.79 Å². The fourth-order valence-corrected chi connectivity index (χ4v) is 3.09. The molecule has 2 heteroatoms. The average molecular weight is 272 g/mol. The summed E-state index contributed by atoms with van der Waals surface area (Å²) in [6.45, 7) is 6.13. The topological polar surface area (TPSA) is 26.3 Å². The number of aryl methyl sites for hydroxylation is 1. The molecule has 20 heavy (non-hydrogen) atoms. The van der Waals surface area contributed by atoms with E-state index in [4.69, 9.17) is 4.74 Å². The number of ether oxygens (including phenoxy) is 1. The lowest BCUT2D eigenvalue weighted by Crippen LogP contribution is -2.34. The number of fused-ring (bicyclic) bond motifs is 1. The fraction of sp³-hybridized carbons (Fsp3) is 0.500. The lowest BCUT2D eigenvalue weighted by Gasteiger charge is -2.34. The first-order valence-electron chi connectivity index (χ1n) is 7.52. The summed E-state index contributed by atoms with van der Waals surface area (Å²) in [5.74, 6) is 1.07. The average Bonchev–Trinajstić information content (AvgIpc) is 2.49. The highest BCUT2D eigenvalue weighted by Gasteiger charge is 2.39. The molecule has 1 aromatic carbocycles. The number of unbranched alkanes of at least 4 members (excludes halogenated alkanes) is 2. The van der Waals surface area contributed by atoms with E-state index in [1.807, 2.05) is 24.3 Å². The molecule has 0 saturated carbocycles. The van der Waals surface area contributed by atoms with Gasteiger partial charge >= 0.3 is 0 Å². The maximum Gasteiger partial charge on any atom is 0.173 e. The van der Waals surface area contributed by atoms with Crippen LogP contribution in [0.3, 0.4) is 0 Å². The van der Waals surface area contributed by atoms with Gasteiger partial charge in [-0.2, -0.15) is 0 Å². The van der Waals surface area contributed by atoms with Crippen LogP contribution in [0.4, 0.5) is 0 Å². The van der Waals surface area contributed by atoms with Gasteiger partial charge in [-0.15, -0.1) is 6.58 Å². The number of Topliss-reactive ketones (excluding diaryl/α,β-unsaturated/α-hetero) is 1. The maximum atomic E-state index is 12.9. The molecule has 0 radical (unpaired) electrons. The molecular weight excluding hydrogens is 248 g/mol. The van der Waals surface area contributed by atoms with Crippen LogP contribution < -0.4 is 4.74 Å². The van der Waals surface area contributed by atoms with Crippen molar-refractivity contribution >= 4 is 5.78 Å². The maximum absolute atomic E-state index is 12.9. The van der Waals surface area contributed by atoms with E-state index >= 15 is 0 Å². The van der Waals surface area contributed by atoms with Gasteiger partial charge in [0.25, 0.3) is 0 Å². The lowest BCUT2D eigenvalue weighted by molar-refractivity contribution is 0.0809. The summed E-state index contributed by atoms with van der Waals surface area (Å²) in [7, 11) is 1.66. The Bertz CT molecular complexity index is 504. The molecular formula is C18H24O2. The Morgan fingerprint density at radius 2 is 2.20 bits per heavy atom. The molecule has 0 amide bonds. The largest absolute Gasteiger partial charge is 0.497 e. The van der Waals surface area contributed by atoms with Crippen molar-refractivity contribution < 1.29 is 9.53 Å². The fourth-order valence-electron chi connectivity index (χ4n) is 3.09. The van der Waals surface area contributed by atoms with Crippen LogP contribution in [-0.4, -0.2) is 12.9 Å². The van der Waals surface area contributed by atoms with Gasteiger partial charge in [0.2, 0.25) is 0 Å². The van der Waals surface area contributed by atoms with E-state index in [1.54, 1.807) is 7.11 Å². The number of hydrogen-bond acceptors (Lipinski definition) is 2. The van der Waals surface area contributed by atoms with Gasteiger partial charge in [-0.1, -0.05) is 32.3 Å². The number of benzene rings is 1. The van der Waals surface area contributed by atoms with Crippen LogP contribution in [0, 0.1) is 5.41 Å². The number of carbonyl (C=O) groups is 1. The molecule has 1 aliphatic rings. The SMILES string of the molecule is C=CC1(CCCCC)CCc2cc(OC)ccc2C1=O. The summed E-state index contributed by atoms with van der Waals surface area (Å²) in [6.07, 6.45) is 8.07. The van der Waals surface area contributed by atoms with Crippen LogP contribution in [0.1, 0.15) is 54.9 Å². The van der Waals surface area contributed by atoms with Crippen molar-refractivity contribution in [3.8, 4) is 5.75 Å². The van der Waals surface area contributed by atoms with Crippen molar-refractivity contribution in [1.29, 1.82) is 0 Å². The van der Waals surface area contributed by atoms with Crippen LogP contribution in [-0.2, 0) is 6.42 Å². The summed E-state index contributed by atoms with van der Waals surface area (Å²) in [5, 5.41) is 0. The summed E-state index contributed by atoms with van der Waals surface area (Å²) < 4.78 is 5.24. The molecule has 1 aromatic rings. The highest BCUT2D eigenvalue weighted by molar-refractivity contribution is 6.04. The molecule has 0 N–H and O–H groups in total. The minimum atomic E-state index is -0.350. The van der Waals surface area contributed by atoms with Crippen molar-refractivity contribution in [3.05, 3.63) is 42.0 Å². The zero-order valence-electron chi connectivity index (χ0n) is 12.6. The Morgan fingerprint density at radius 1 is 1.40 bits per heavy atom. The van der Waals surface area contributed by atoms with Crippen LogP contribution in [0.2, 0.25) is 0 Å². The van der Waals surface area contributed by atoms with Crippen molar-refractivity contribution in [3.63, 3.8) is 0 Å². The third kappa shape index (κ3) is 2.65. The second-order valence-corrected chi connectivity index (χ2v) is 5.67. The monoisotopic (exact) mass is 272 g/mol. The number of methoxy groups -OCH3 is 1. The van der Waals surface area contributed by atoms with Gasteiger partial charge in [0.1, 0.15) is 5.75 Å². The number of allylic oxidation sites excluding steroid dienone is 1. The highest BCUT2D eigenvalue weighted by atomic mass is 16.5. The molecule has 1 unspecified atom stereocenters. The van der Waals surface area contributed by atoms with E-state index in [0.29, 0.717) is 0 Å². The van der Waals surface area contributed by atoms with Crippen molar-refractivity contribution in [1.82, 2.24) is 0 Å². The molecule has 0 aliphatic heterocycles. The molecule has 0 saturated heterocycles. The Hall–Kier alpha value is -1.57. The first-order chi connectivity index (χ1) is 9.66. The van der Waals surface area contributed by atoms with Gasteiger partial charge in [-0.3, -0.25) is 4.79 Å². The Balaban J connectivity index is 2.27. The predicted octanol–water partition coefficient (Wildman–Crippen LogP) is 4.58. The molecule has 2 nitrogen and oxygen atoms in total. The normalized spacial score (nSPS) is 21.4. The summed E-state index contributed by atoms with van der Waals surface area (Å²) in [4.78, 5) is 12.9. The van der Waals surface area contributed by atoms with Gasteiger partial charge in [0, 0.05) is 5.56 Å². The van der Waals surface area contributed by atoms with Gasteiger partial charge in [-0.05, 0) is 43.0 Å². The smallest absolute Gasteiger partial charge is 0.173 e. The molecule has 0 spiro atoms. The van der Waals surface area contributed by atoms with Gasteiger partial charge in [-0.25, -0.2) is 0 Å². The molecule has 0 aromatic heterocycles. The van der Waals surface area contributed by atoms with E-state index in [0.717, 1.165) is 42.6 Å². The second-order valence-electron chi connectivity index (χ2n) is 5.67. The molecule has 2 rings (SSSR count). The summed E-state index contributed by atoms with van der Waals surface area (Å²) in [6, 6.07) is 5.78. The Labute approximate surface area is 121 Å². The number of hydrogen-bond donors (Lipinski definition) is 0. The first-order valence-corrected chi connectivity index (χ1v) is 7.52. The van der Waals surface area contributed by atoms with E-state index in [-0.39, 0.29) is 11.2 Å². The zero-order chi connectivity index (χ0) is 14.6. The first kappa shape index (κ1) is 14.8. The third-order valence-electron chi connectivity index (χ3n) is 4.47. The predicted molar refractivity (Wildman–Crippen MR) is 82.4 cm³/mol. The van der Waals surface area contributed by atoms with E-state index < -0.39 is 0 Å². The highest BCUT2D eigenvalue weighted by Crippen LogP contribution is 2.41. The van der Waals surface area contributed by atoms with Crippen LogP contribution in [0.25, 0.3) is 0 Å². The molecule has 0 bridgehead atoms. The number of rotatable bonds is 6. The minimum Gasteiger partial charge on any atom is -0.497 e. The molecule has 108 valence electrons. The van der Waals surface area contributed by atoms with Gasteiger partial charge in [0.15, 0.2) is 5.78 Å². The van der Waals surface area contributed by atoms with E-state index in [2.05, 4.69) is 13.5 Å². The second kappa shape index (κ2) is 6.25. The van der Waals surface area contributed by atoms with Crippen LogP contribution in [0.15, 0.2) is 30.9 Å². The molecule has 1 aliphatic carbocycles. The lowest BCUT2D eigenvalue weighted by atomic mass is 9.68. The van der Waals surface area contributed by atoms with Gasteiger partial charge in [0.05, 0.1) is 12.5 Å². The van der Waals surface area contributed by atoms with Gasteiger partial charge < -0.3 is 4.74 Å². The van der Waals surface area contributed by atoms with Crippen molar-refractivity contribution in [2.45, 2.75) is 45.4 Å². The molecule has 0 heterocycles. The van der Waals surface area contributed by atoms with E-state index in [1.165, 1.54) is 12.8 Å². The minimum absolute atomic E-state index is 0.243. The molecule has 0 fully saturated rings. The third-order valence-corrected chi connectivity index (χ3v) is 4.47. The Kier molecular flexibility index (Phi) is 4.64. The quantitative estimate of drug-likeness (QED) is 0.560. The zero-order valence-corrected chi connectivity index (χ0v) is 12.6. The molecule has 1 atom stereocenters. The summed E-state index contributed by atoms with van der Waals surface area (Å²) >= 11 is 0. The Morgan fingerprint density at radius 3 is 2.85 bits per heavy atom. The van der Waals surface area contributed by atoms with Crippen LogP contribution in [0.5, 0.6) is 5.75 Å². The van der Waals surface area contributed by atoms with Crippen molar-refractivity contribution in [2.75, 3.05) is 7.11 Å². The van der Waals surface area contributed by atoms with Crippen LogP contribution >= 0.6 is 0 Å². The number of carbonyl (C=O) groups excluding carboxylic acids is 1. The standard InChI is InChI=1S/C18H24O2/c1-4-6-7-11-18(5-2)12-10-14-13-15(20-3)8-9-16(14)17(18)19/h5,8-9,13H,2,4,6-7,10-12H2,1,3H3. The van der Waals surface area contributed by atoms with Crippen molar-refractivity contribution in [2.24, 2.45) is 5.41 Å². The number of ketones is 1.